The van der Waals surface area contributed by atoms with E-state index in [1.165, 1.54) is 37.4 Å². The van der Waals surface area contributed by atoms with Crippen LogP contribution in [0.3, 0.4) is 0 Å². The van der Waals surface area contributed by atoms with Gasteiger partial charge in [-0.3, -0.25) is 9.10 Å². The molecule has 31 heavy (non-hydrogen) atoms. The SMILES string of the molecule is COc1ccc(S(=O)(=O)N(CC(=O)Nc2ccc(F)c(F)c2)c2ccc(C)cc2)cc1. The van der Waals surface area contributed by atoms with E-state index in [1.54, 1.807) is 24.3 Å². The summed E-state index contributed by atoms with van der Waals surface area (Å²) in [5.74, 6) is -2.42. The highest BCUT2D eigenvalue weighted by Crippen LogP contribution is 2.25. The third-order valence-corrected chi connectivity index (χ3v) is 6.25. The zero-order chi connectivity index (χ0) is 22.6. The lowest BCUT2D eigenvalue weighted by Crippen LogP contribution is -2.38. The molecule has 3 rings (SSSR count). The molecule has 0 bridgehead atoms. The van der Waals surface area contributed by atoms with Gasteiger partial charge >= 0.3 is 0 Å². The van der Waals surface area contributed by atoms with Gasteiger partial charge in [-0.25, -0.2) is 17.2 Å². The van der Waals surface area contributed by atoms with Gasteiger partial charge in [-0.1, -0.05) is 17.7 Å². The largest absolute Gasteiger partial charge is 0.497 e. The molecular formula is C22H20F2N2O4S. The number of sulfonamides is 1. The molecule has 0 heterocycles. The van der Waals surface area contributed by atoms with Crippen molar-refractivity contribution in [2.24, 2.45) is 0 Å². The van der Waals surface area contributed by atoms with Crippen LogP contribution in [-0.2, 0) is 14.8 Å². The number of carbonyl (C=O) groups excluding carboxylic acids is 1. The van der Waals surface area contributed by atoms with Crippen molar-refractivity contribution < 1.29 is 26.7 Å². The van der Waals surface area contributed by atoms with Crippen LogP contribution in [0, 0.1) is 18.6 Å². The van der Waals surface area contributed by atoms with Crippen LogP contribution in [0.2, 0.25) is 0 Å². The molecule has 0 aliphatic rings. The number of rotatable bonds is 7. The van der Waals surface area contributed by atoms with Crippen LogP contribution in [0.15, 0.2) is 71.6 Å². The lowest BCUT2D eigenvalue weighted by molar-refractivity contribution is -0.114. The molecule has 3 aromatic carbocycles. The van der Waals surface area contributed by atoms with E-state index in [0.717, 1.165) is 22.0 Å². The molecule has 0 spiro atoms. The molecule has 3 aromatic rings. The maximum atomic E-state index is 13.4. The fourth-order valence-corrected chi connectivity index (χ4v) is 4.23. The van der Waals surface area contributed by atoms with Gasteiger partial charge in [0.2, 0.25) is 5.91 Å². The molecule has 0 saturated carbocycles. The Morgan fingerprint density at radius 1 is 0.968 bits per heavy atom. The van der Waals surface area contributed by atoms with Crippen molar-refractivity contribution in [2.45, 2.75) is 11.8 Å². The predicted molar refractivity (Wildman–Crippen MR) is 114 cm³/mol. The second-order valence-electron chi connectivity index (χ2n) is 6.70. The average Bonchev–Trinajstić information content (AvgIpc) is 2.75. The summed E-state index contributed by atoms with van der Waals surface area (Å²) < 4.78 is 59.1. The number of hydrogen-bond acceptors (Lipinski definition) is 4. The van der Waals surface area contributed by atoms with Gasteiger partial charge < -0.3 is 10.1 Å². The van der Waals surface area contributed by atoms with Crippen LogP contribution < -0.4 is 14.4 Å². The van der Waals surface area contributed by atoms with Crippen LogP contribution >= 0.6 is 0 Å². The van der Waals surface area contributed by atoms with Gasteiger partial charge in [-0.2, -0.15) is 0 Å². The molecule has 0 aromatic heterocycles. The number of amides is 1. The molecule has 9 heteroatoms. The van der Waals surface area contributed by atoms with E-state index in [0.29, 0.717) is 5.75 Å². The molecule has 0 aliphatic carbocycles. The van der Waals surface area contributed by atoms with Crippen molar-refractivity contribution in [3.8, 4) is 5.75 Å². The average molecular weight is 446 g/mol. The fourth-order valence-electron chi connectivity index (χ4n) is 2.81. The summed E-state index contributed by atoms with van der Waals surface area (Å²) in [4.78, 5) is 12.6. The van der Waals surface area contributed by atoms with Gasteiger partial charge in [0.1, 0.15) is 12.3 Å². The number of carbonyl (C=O) groups is 1. The number of ether oxygens (including phenoxy) is 1. The van der Waals surface area contributed by atoms with E-state index in [-0.39, 0.29) is 16.3 Å². The fraction of sp³-hybridized carbons (Fsp3) is 0.136. The monoisotopic (exact) mass is 446 g/mol. The van der Waals surface area contributed by atoms with Gasteiger partial charge in [-0.15, -0.1) is 0 Å². The van der Waals surface area contributed by atoms with Gasteiger partial charge in [0, 0.05) is 11.8 Å². The van der Waals surface area contributed by atoms with E-state index in [2.05, 4.69) is 5.32 Å². The number of nitrogens with zero attached hydrogens (tertiary/aromatic N) is 1. The first-order valence-electron chi connectivity index (χ1n) is 9.19. The first kappa shape index (κ1) is 22.2. The minimum atomic E-state index is -4.11. The van der Waals surface area contributed by atoms with Crippen LogP contribution in [0.4, 0.5) is 20.2 Å². The van der Waals surface area contributed by atoms with Crippen LogP contribution in [0.5, 0.6) is 5.75 Å². The van der Waals surface area contributed by atoms with Crippen molar-refractivity contribution in [1.82, 2.24) is 0 Å². The van der Waals surface area contributed by atoms with E-state index >= 15 is 0 Å². The second-order valence-corrected chi connectivity index (χ2v) is 8.56. The standard InChI is InChI=1S/C22H20F2N2O4S/c1-15-3-6-17(7-4-15)26(31(28,29)19-10-8-18(30-2)9-11-19)14-22(27)25-16-5-12-20(23)21(24)13-16/h3-13H,14H2,1-2H3,(H,25,27). The minimum absolute atomic E-state index is 0.00889. The topological polar surface area (TPSA) is 75.7 Å². The van der Waals surface area contributed by atoms with E-state index in [4.69, 9.17) is 4.74 Å². The molecule has 0 saturated heterocycles. The molecule has 0 atom stereocenters. The number of halogens is 2. The van der Waals surface area contributed by atoms with Crippen LogP contribution in [-0.4, -0.2) is 28.0 Å². The molecule has 1 N–H and O–H groups in total. The number of hydrogen-bond donors (Lipinski definition) is 1. The summed E-state index contributed by atoms with van der Waals surface area (Å²) in [6.07, 6.45) is 0. The molecule has 1 amide bonds. The normalized spacial score (nSPS) is 11.1. The number of aryl methyl sites for hydroxylation is 1. The van der Waals surface area contributed by atoms with E-state index in [1.807, 2.05) is 6.92 Å². The Balaban J connectivity index is 1.92. The first-order chi connectivity index (χ1) is 14.7. The third kappa shape index (κ3) is 5.18. The quantitative estimate of drug-likeness (QED) is 0.593. The summed E-state index contributed by atoms with van der Waals surface area (Å²) in [6.45, 7) is 1.28. The van der Waals surface area contributed by atoms with Crippen molar-refractivity contribution >= 4 is 27.3 Å². The Bertz CT molecular complexity index is 1180. The molecule has 162 valence electrons. The van der Waals surface area contributed by atoms with Gasteiger partial charge in [0.25, 0.3) is 10.0 Å². The van der Waals surface area contributed by atoms with Crippen LogP contribution in [0.25, 0.3) is 0 Å². The molecule has 0 radical (unpaired) electrons. The Morgan fingerprint density at radius 3 is 2.19 bits per heavy atom. The highest BCUT2D eigenvalue weighted by molar-refractivity contribution is 7.92. The van der Waals surface area contributed by atoms with Gasteiger partial charge in [0.05, 0.1) is 17.7 Å². The minimum Gasteiger partial charge on any atom is -0.497 e. The number of methoxy groups -OCH3 is 1. The highest BCUT2D eigenvalue weighted by Gasteiger charge is 2.27. The van der Waals surface area contributed by atoms with Crippen molar-refractivity contribution in [1.29, 1.82) is 0 Å². The van der Waals surface area contributed by atoms with Crippen molar-refractivity contribution in [3.63, 3.8) is 0 Å². The lowest BCUT2D eigenvalue weighted by Gasteiger charge is -2.24. The Morgan fingerprint density at radius 2 is 1.61 bits per heavy atom. The maximum absolute atomic E-state index is 13.4. The maximum Gasteiger partial charge on any atom is 0.264 e. The van der Waals surface area contributed by atoms with E-state index < -0.39 is 34.1 Å². The van der Waals surface area contributed by atoms with Crippen molar-refractivity contribution in [2.75, 3.05) is 23.3 Å². The Hall–Kier alpha value is -3.46. The number of benzene rings is 3. The zero-order valence-corrected chi connectivity index (χ0v) is 17.6. The Kier molecular flexibility index (Phi) is 6.55. The zero-order valence-electron chi connectivity index (χ0n) is 16.8. The molecule has 6 nitrogen and oxygen atoms in total. The van der Waals surface area contributed by atoms with E-state index in [9.17, 15) is 22.0 Å². The first-order valence-corrected chi connectivity index (χ1v) is 10.6. The lowest BCUT2D eigenvalue weighted by atomic mass is 10.2. The number of anilines is 2. The van der Waals surface area contributed by atoms with Gasteiger partial charge in [0.15, 0.2) is 11.6 Å². The predicted octanol–water partition coefficient (Wildman–Crippen LogP) is 4.12. The molecule has 0 fully saturated rings. The molecule has 0 unspecified atom stereocenters. The number of nitrogens with one attached hydrogen (secondary N) is 1. The molecule has 0 aliphatic heterocycles. The summed E-state index contributed by atoms with van der Waals surface area (Å²) in [5.41, 5.74) is 1.20. The third-order valence-electron chi connectivity index (χ3n) is 4.46. The highest BCUT2D eigenvalue weighted by atomic mass is 32.2. The second kappa shape index (κ2) is 9.13. The smallest absolute Gasteiger partial charge is 0.264 e. The van der Waals surface area contributed by atoms with Crippen molar-refractivity contribution in [3.05, 3.63) is 83.9 Å². The van der Waals surface area contributed by atoms with Gasteiger partial charge in [-0.05, 0) is 55.5 Å². The summed E-state index contributed by atoms with van der Waals surface area (Å²) in [6, 6.07) is 15.2. The molecular weight excluding hydrogens is 426 g/mol. The summed E-state index contributed by atoms with van der Waals surface area (Å²) in [7, 11) is -2.65. The van der Waals surface area contributed by atoms with Crippen LogP contribution in [0.1, 0.15) is 5.56 Å². The summed E-state index contributed by atoms with van der Waals surface area (Å²) in [5, 5.41) is 2.39. The Labute approximate surface area is 179 Å². The summed E-state index contributed by atoms with van der Waals surface area (Å²) >= 11 is 0.